The third-order valence-electron chi connectivity index (χ3n) is 2.15. The molecular weight excluding hydrogens is 160 g/mol. The third-order valence-corrected chi connectivity index (χ3v) is 2.15. The van der Waals surface area contributed by atoms with Gasteiger partial charge in [-0.1, -0.05) is 26.8 Å². The fraction of sp³-hybridized carbons (Fsp3) is 0.364. The molecule has 0 aliphatic carbocycles. The molecule has 0 amide bonds. The zero-order valence-electron chi connectivity index (χ0n) is 8.28. The summed E-state index contributed by atoms with van der Waals surface area (Å²) in [5.74, 6) is 0. The molecule has 68 valence electrons. The molecule has 0 spiro atoms. The smallest absolute Gasteiger partial charge is 0.0995 e. The molecule has 0 saturated heterocycles. The van der Waals surface area contributed by atoms with Gasteiger partial charge in [-0.05, 0) is 12.1 Å². The Hall–Kier alpha value is -1.31. The summed E-state index contributed by atoms with van der Waals surface area (Å²) in [6.45, 7) is 6.55. The highest BCUT2D eigenvalue weighted by molar-refractivity contribution is 5.54. The highest BCUT2D eigenvalue weighted by Crippen LogP contribution is 2.24. The molecule has 2 heterocycles. The predicted octanol–water partition coefficient (Wildman–Crippen LogP) is 2.63. The van der Waals surface area contributed by atoms with E-state index in [2.05, 4.69) is 36.2 Å². The normalized spacial score (nSPS) is 12.2. The highest BCUT2D eigenvalue weighted by Gasteiger charge is 2.18. The Labute approximate surface area is 78.2 Å². The SMILES string of the molecule is CC(C)(C)c1ncn2ccccc12. The van der Waals surface area contributed by atoms with E-state index in [9.17, 15) is 0 Å². The van der Waals surface area contributed by atoms with E-state index in [1.165, 1.54) is 5.52 Å². The summed E-state index contributed by atoms with van der Waals surface area (Å²) in [7, 11) is 0. The van der Waals surface area contributed by atoms with E-state index >= 15 is 0 Å². The Morgan fingerprint density at radius 2 is 2.00 bits per heavy atom. The quantitative estimate of drug-likeness (QED) is 0.600. The average Bonchev–Trinajstić information content (AvgIpc) is 2.45. The van der Waals surface area contributed by atoms with Crippen molar-refractivity contribution in [2.45, 2.75) is 26.2 Å². The van der Waals surface area contributed by atoms with E-state index in [4.69, 9.17) is 0 Å². The van der Waals surface area contributed by atoms with Crippen LogP contribution in [0.5, 0.6) is 0 Å². The third kappa shape index (κ3) is 1.32. The van der Waals surface area contributed by atoms with Crippen molar-refractivity contribution in [2.75, 3.05) is 0 Å². The van der Waals surface area contributed by atoms with E-state index < -0.39 is 0 Å². The molecule has 0 atom stereocenters. The van der Waals surface area contributed by atoms with Crippen molar-refractivity contribution < 1.29 is 0 Å². The Morgan fingerprint density at radius 1 is 1.23 bits per heavy atom. The molecule has 2 rings (SSSR count). The molecule has 0 aliphatic rings. The predicted molar refractivity (Wildman–Crippen MR) is 53.9 cm³/mol. The number of imidazole rings is 1. The zero-order valence-corrected chi connectivity index (χ0v) is 8.28. The summed E-state index contributed by atoms with van der Waals surface area (Å²) < 4.78 is 2.06. The molecule has 0 aromatic carbocycles. The van der Waals surface area contributed by atoms with E-state index in [0.717, 1.165) is 5.69 Å². The Balaban J connectivity index is 2.72. The number of nitrogens with zero attached hydrogens (tertiary/aromatic N) is 2. The zero-order chi connectivity index (χ0) is 9.47. The van der Waals surface area contributed by atoms with Crippen molar-refractivity contribution in [1.82, 2.24) is 9.38 Å². The highest BCUT2D eigenvalue weighted by atomic mass is 15.0. The van der Waals surface area contributed by atoms with Crippen LogP contribution in [0.3, 0.4) is 0 Å². The summed E-state index contributed by atoms with van der Waals surface area (Å²) in [6.07, 6.45) is 3.90. The minimum Gasteiger partial charge on any atom is -0.306 e. The minimum absolute atomic E-state index is 0.121. The second kappa shape index (κ2) is 2.59. The first-order valence-corrected chi connectivity index (χ1v) is 4.51. The van der Waals surface area contributed by atoms with Crippen LogP contribution in [0.1, 0.15) is 26.5 Å². The molecule has 0 radical (unpaired) electrons. The number of aromatic nitrogens is 2. The van der Waals surface area contributed by atoms with Gasteiger partial charge >= 0.3 is 0 Å². The van der Waals surface area contributed by atoms with Gasteiger partial charge in [-0.2, -0.15) is 0 Å². The van der Waals surface area contributed by atoms with Gasteiger partial charge in [0, 0.05) is 11.6 Å². The minimum atomic E-state index is 0.121. The van der Waals surface area contributed by atoms with Crippen molar-refractivity contribution in [3.8, 4) is 0 Å². The first kappa shape index (κ1) is 8.30. The first-order valence-electron chi connectivity index (χ1n) is 4.51. The lowest BCUT2D eigenvalue weighted by molar-refractivity contribution is 0.578. The van der Waals surface area contributed by atoms with Crippen LogP contribution < -0.4 is 0 Å². The molecule has 0 aliphatic heterocycles. The lowest BCUT2D eigenvalue weighted by atomic mass is 9.91. The maximum Gasteiger partial charge on any atom is 0.0995 e. The van der Waals surface area contributed by atoms with Crippen molar-refractivity contribution in [1.29, 1.82) is 0 Å². The molecule has 0 saturated carbocycles. The van der Waals surface area contributed by atoms with Gasteiger partial charge in [0.05, 0.1) is 17.5 Å². The van der Waals surface area contributed by atoms with E-state index in [1.54, 1.807) is 0 Å². The molecule has 0 fully saturated rings. The van der Waals surface area contributed by atoms with Gasteiger partial charge < -0.3 is 4.40 Å². The topological polar surface area (TPSA) is 17.3 Å². The lowest BCUT2D eigenvalue weighted by Gasteiger charge is -2.15. The summed E-state index contributed by atoms with van der Waals surface area (Å²) in [5.41, 5.74) is 2.49. The Morgan fingerprint density at radius 3 is 2.69 bits per heavy atom. The van der Waals surface area contributed by atoms with Gasteiger partial charge in [-0.3, -0.25) is 0 Å². The molecule has 0 N–H and O–H groups in total. The van der Waals surface area contributed by atoms with Crippen LogP contribution >= 0.6 is 0 Å². The Bertz CT molecular complexity index is 421. The molecular formula is C11H14N2. The average molecular weight is 174 g/mol. The molecule has 0 bridgehead atoms. The van der Waals surface area contributed by atoms with E-state index in [-0.39, 0.29) is 5.41 Å². The molecule has 2 aromatic heterocycles. The number of hydrogen-bond acceptors (Lipinski definition) is 1. The van der Waals surface area contributed by atoms with Crippen LogP contribution in [0.4, 0.5) is 0 Å². The van der Waals surface area contributed by atoms with E-state index in [0.29, 0.717) is 0 Å². The summed E-state index contributed by atoms with van der Waals surface area (Å²) in [4.78, 5) is 4.43. The molecule has 2 aromatic rings. The van der Waals surface area contributed by atoms with Crippen LogP contribution in [-0.4, -0.2) is 9.38 Å². The molecule has 0 unspecified atom stereocenters. The van der Waals surface area contributed by atoms with Crippen LogP contribution in [0.15, 0.2) is 30.7 Å². The maximum absolute atomic E-state index is 4.43. The maximum atomic E-state index is 4.43. The largest absolute Gasteiger partial charge is 0.306 e. The molecule has 13 heavy (non-hydrogen) atoms. The van der Waals surface area contributed by atoms with Crippen molar-refractivity contribution >= 4 is 5.52 Å². The second-order valence-electron chi connectivity index (χ2n) is 4.34. The number of fused-ring (bicyclic) bond motifs is 1. The summed E-state index contributed by atoms with van der Waals surface area (Å²) >= 11 is 0. The van der Waals surface area contributed by atoms with Crippen LogP contribution in [0.25, 0.3) is 5.52 Å². The first-order chi connectivity index (χ1) is 6.09. The van der Waals surface area contributed by atoms with Gasteiger partial charge in [0.1, 0.15) is 0 Å². The lowest BCUT2D eigenvalue weighted by Crippen LogP contribution is -2.11. The van der Waals surface area contributed by atoms with Gasteiger partial charge in [0.25, 0.3) is 0 Å². The molecule has 2 nitrogen and oxygen atoms in total. The van der Waals surface area contributed by atoms with Crippen molar-refractivity contribution in [2.24, 2.45) is 0 Å². The fourth-order valence-corrected chi connectivity index (χ4v) is 1.52. The van der Waals surface area contributed by atoms with Crippen molar-refractivity contribution in [3.05, 3.63) is 36.4 Å². The fourth-order valence-electron chi connectivity index (χ4n) is 1.52. The van der Waals surface area contributed by atoms with Gasteiger partial charge in [-0.15, -0.1) is 0 Å². The standard InChI is InChI=1S/C11H14N2/c1-11(2,3)10-9-6-4-5-7-13(9)8-12-10/h4-8H,1-3H3. The van der Waals surface area contributed by atoms with Gasteiger partial charge in [0.2, 0.25) is 0 Å². The number of pyridine rings is 1. The van der Waals surface area contributed by atoms with Gasteiger partial charge in [0.15, 0.2) is 0 Å². The number of rotatable bonds is 0. The molecule has 2 heteroatoms. The van der Waals surface area contributed by atoms with Crippen LogP contribution in [0, 0.1) is 0 Å². The van der Waals surface area contributed by atoms with Crippen LogP contribution in [-0.2, 0) is 5.41 Å². The Kier molecular flexibility index (Phi) is 1.65. The van der Waals surface area contributed by atoms with Crippen molar-refractivity contribution in [3.63, 3.8) is 0 Å². The van der Waals surface area contributed by atoms with E-state index in [1.807, 2.05) is 24.7 Å². The van der Waals surface area contributed by atoms with Gasteiger partial charge in [-0.25, -0.2) is 4.98 Å². The monoisotopic (exact) mass is 174 g/mol. The summed E-state index contributed by atoms with van der Waals surface area (Å²) in [5, 5.41) is 0. The summed E-state index contributed by atoms with van der Waals surface area (Å²) in [6, 6.07) is 6.17. The second-order valence-corrected chi connectivity index (χ2v) is 4.34. The number of hydrogen-bond donors (Lipinski definition) is 0. The van der Waals surface area contributed by atoms with Crippen LogP contribution in [0.2, 0.25) is 0 Å².